The lowest BCUT2D eigenvalue weighted by Gasteiger charge is -2.13. The first kappa shape index (κ1) is 23.0. The van der Waals surface area contributed by atoms with E-state index in [0.29, 0.717) is 34.1 Å². The maximum atomic E-state index is 9.47. The maximum Gasteiger partial charge on any atom is 0.161 e. The lowest BCUT2D eigenvalue weighted by atomic mass is 10.0. The predicted octanol–water partition coefficient (Wildman–Crippen LogP) is 7.26. The normalized spacial score (nSPS) is 10.7. The highest BCUT2D eigenvalue weighted by molar-refractivity contribution is 6.00. The van der Waals surface area contributed by atoms with Gasteiger partial charge in [-0.25, -0.2) is 0 Å². The summed E-state index contributed by atoms with van der Waals surface area (Å²) >= 11 is 0. The molecular weight excluding hydrogens is 474 g/mol. The van der Waals surface area contributed by atoms with Gasteiger partial charge in [-0.3, -0.25) is 4.98 Å². The molecule has 7 heteroatoms. The zero-order chi connectivity index (χ0) is 25.9. The smallest absolute Gasteiger partial charge is 0.161 e. The van der Waals surface area contributed by atoms with Crippen LogP contribution in [0.3, 0.4) is 0 Å². The Balaban J connectivity index is 1.27. The van der Waals surface area contributed by atoms with E-state index in [2.05, 4.69) is 32.6 Å². The molecule has 0 fully saturated rings. The number of benzene rings is 4. The number of hydrogen-bond donors (Lipinski definition) is 1. The molecule has 0 radical (unpaired) electrons. The van der Waals surface area contributed by atoms with Crippen molar-refractivity contribution in [2.45, 2.75) is 0 Å². The molecule has 0 amide bonds. The summed E-state index contributed by atoms with van der Waals surface area (Å²) in [5, 5.41) is 24.6. The van der Waals surface area contributed by atoms with E-state index >= 15 is 0 Å². The minimum absolute atomic E-state index is 0.420. The van der Waals surface area contributed by atoms with E-state index in [1.807, 2.05) is 72.8 Å². The highest BCUT2D eigenvalue weighted by Crippen LogP contribution is 2.34. The van der Waals surface area contributed by atoms with E-state index in [1.165, 1.54) is 7.11 Å². The lowest BCUT2D eigenvalue weighted by molar-refractivity contribution is 0.414. The van der Waals surface area contributed by atoms with Crippen LogP contribution in [0, 0.1) is 11.3 Å². The Morgan fingerprint density at radius 1 is 0.763 bits per heavy atom. The molecule has 0 bridgehead atoms. The molecule has 0 aliphatic heterocycles. The molecule has 6 aromatic rings. The summed E-state index contributed by atoms with van der Waals surface area (Å²) in [6.45, 7) is 0. The Labute approximate surface area is 218 Å². The highest BCUT2D eigenvalue weighted by Gasteiger charge is 2.13. The molecular formula is C31H21N5O2. The number of pyridine rings is 1. The molecule has 2 heterocycles. The van der Waals surface area contributed by atoms with Crippen molar-refractivity contribution >= 4 is 33.2 Å². The van der Waals surface area contributed by atoms with Gasteiger partial charge < -0.3 is 14.8 Å². The third-order valence-electron chi connectivity index (χ3n) is 6.22. The molecule has 38 heavy (non-hydrogen) atoms. The van der Waals surface area contributed by atoms with Crippen LogP contribution in [0.15, 0.2) is 103 Å². The van der Waals surface area contributed by atoms with Gasteiger partial charge in [0.2, 0.25) is 0 Å². The molecule has 0 saturated heterocycles. The minimum atomic E-state index is 0.420. The van der Waals surface area contributed by atoms with Gasteiger partial charge in [-0.1, -0.05) is 54.6 Å². The van der Waals surface area contributed by atoms with Crippen molar-refractivity contribution in [2.75, 3.05) is 12.4 Å². The second-order valence-corrected chi connectivity index (χ2v) is 8.55. The third kappa shape index (κ3) is 4.31. The molecule has 0 aliphatic rings. The van der Waals surface area contributed by atoms with Crippen molar-refractivity contribution in [3.05, 3.63) is 109 Å². The maximum absolute atomic E-state index is 9.47. The van der Waals surface area contributed by atoms with E-state index in [9.17, 15) is 5.26 Å². The quantitative estimate of drug-likeness (QED) is 0.260. The molecule has 6 rings (SSSR count). The van der Waals surface area contributed by atoms with Crippen LogP contribution in [-0.2, 0) is 0 Å². The Morgan fingerprint density at radius 3 is 2.29 bits per heavy atom. The van der Waals surface area contributed by atoms with Crippen LogP contribution < -0.4 is 14.8 Å². The van der Waals surface area contributed by atoms with Crippen molar-refractivity contribution in [3.8, 4) is 34.6 Å². The molecule has 182 valence electrons. The van der Waals surface area contributed by atoms with E-state index in [-0.39, 0.29) is 0 Å². The summed E-state index contributed by atoms with van der Waals surface area (Å²) in [6.07, 6.45) is 1.67. The van der Waals surface area contributed by atoms with Crippen molar-refractivity contribution in [1.29, 1.82) is 5.26 Å². The standard InChI is InChI=1S/C31H21N5O2/c1-37-29-18-27-26(17-21(29)19-32)28(15-16-33-27)38-23-13-11-22(12-14-23)34-31-25-10-6-5-9-24(25)30(35-36-31)20-7-3-2-4-8-20/h2-18H,1H3,(H,34,36). The number of ether oxygens (including phenoxy) is 2. The first-order valence-corrected chi connectivity index (χ1v) is 12.0. The first-order valence-electron chi connectivity index (χ1n) is 12.0. The van der Waals surface area contributed by atoms with Crippen LogP contribution in [-0.4, -0.2) is 22.3 Å². The van der Waals surface area contributed by atoms with Crippen LogP contribution in [0.2, 0.25) is 0 Å². The van der Waals surface area contributed by atoms with Crippen molar-refractivity contribution in [1.82, 2.24) is 15.2 Å². The van der Waals surface area contributed by atoms with Crippen molar-refractivity contribution in [3.63, 3.8) is 0 Å². The van der Waals surface area contributed by atoms with Crippen molar-refractivity contribution < 1.29 is 9.47 Å². The Morgan fingerprint density at radius 2 is 1.53 bits per heavy atom. The summed E-state index contributed by atoms with van der Waals surface area (Å²) in [5.74, 6) is 2.40. The topological polar surface area (TPSA) is 92.9 Å². The zero-order valence-corrected chi connectivity index (χ0v) is 20.4. The molecule has 0 spiro atoms. The highest BCUT2D eigenvalue weighted by atomic mass is 16.5. The fourth-order valence-electron chi connectivity index (χ4n) is 4.37. The Hall–Kier alpha value is -5.48. The molecule has 4 aromatic carbocycles. The van der Waals surface area contributed by atoms with Crippen LogP contribution in [0.5, 0.6) is 17.2 Å². The SMILES string of the molecule is COc1cc2nccc(Oc3ccc(Nc4nnc(-c5ccccc5)c5ccccc45)cc3)c2cc1C#N. The van der Waals surface area contributed by atoms with Gasteiger partial charge in [0.1, 0.15) is 29.0 Å². The average Bonchev–Trinajstić information content (AvgIpc) is 2.98. The number of methoxy groups -OCH3 is 1. The fourth-order valence-corrected chi connectivity index (χ4v) is 4.37. The van der Waals surface area contributed by atoms with E-state index in [1.54, 1.807) is 24.4 Å². The molecule has 0 atom stereocenters. The van der Waals surface area contributed by atoms with E-state index < -0.39 is 0 Å². The molecule has 0 unspecified atom stereocenters. The van der Waals surface area contributed by atoms with Gasteiger partial charge in [0.15, 0.2) is 5.82 Å². The number of nitrogens with zero attached hydrogens (tertiary/aromatic N) is 4. The first-order chi connectivity index (χ1) is 18.7. The van der Waals surface area contributed by atoms with Crippen LogP contribution in [0.1, 0.15) is 5.56 Å². The second kappa shape index (κ2) is 9.88. The summed E-state index contributed by atoms with van der Waals surface area (Å²) in [4.78, 5) is 4.39. The van der Waals surface area contributed by atoms with E-state index in [0.717, 1.165) is 33.1 Å². The predicted molar refractivity (Wildman–Crippen MR) is 148 cm³/mol. The van der Waals surface area contributed by atoms with Crippen LogP contribution >= 0.6 is 0 Å². The number of nitriles is 1. The minimum Gasteiger partial charge on any atom is -0.495 e. The van der Waals surface area contributed by atoms with Gasteiger partial charge in [0.05, 0.1) is 18.2 Å². The number of fused-ring (bicyclic) bond motifs is 2. The molecule has 1 N–H and O–H groups in total. The van der Waals surface area contributed by atoms with Crippen LogP contribution in [0.4, 0.5) is 11.5 Å². The van der Waals surface area contributed by atoms with Crippen molar-refractivity contribution in [2.24, 2.45) is 0 Å². The lowest BCUT2D eigenvalue weighted by Crippen LogP contribution is -1.99. The van der Waals surface area contributed by atoms with Gasteiger partial charge in [-0.15, -0.1) is 10.2 Å². The molecule has 0 aliphatic carbocycles. The van der Waals surface area contributed by atoms with Gasteiger partial charge in [-0.05, 0) is 36.4 Å². The molecule has 2 aromatic heterocycles. The van der Waals surface area contributed by atoms with E-state index in [4.69, 9.17) is 9.47 Å². The second-order valence-electron chi connectivity index (χ2n) is 8.55. The van der Waals surface area contributed by atoms with Gasteiger partial charge >= 0.3 is 0 Å². The van der Waals surface area contributed by atoms with Gasteiger partial charge in [-0.2, -0.15) is 5.26 Å². The molecule has 0 saturated carbocycles. The molecule has 7 nitrogen and oxygen atoms in total. The summed E-state index contributed by atoms with van der Waals surface area (Å²) in [6, 6.07) is 33.1. The number of anilines is 2. The Kier molecular flexibility index (Phi) is 5.97. The number of nitrogens with one attached hydrogen (secondary N) is 1. The zero-order valence-electron chi connectivity index (χ0n) is 20.4. The van der Waals surface area contributed by atoms with Crippen LogP contribution in [0.25, 0.3) is 32.9 Å². The number of aromatic nitrogens is 3. The number of hydrogen-bond acceptors (Lipinski definition) is 7. The summed E-state index contributed by atoms with van der Waals surface area (Å²) < 4.78 is 11.5. The largest absolute Gasteiger partial charge is 0.495 e. The summed E-state index contributed by atoms with van der Waals surface area (Å²) in [5.41, 5.74) is 3.82. The summed E-state index contributed by atoms with van der Waals surface area (Å²) in [7, 11) is 1.53. The van der Waals surface area contributed by atoms with Gasteiger partial charge in [0.25, 0.3) is 0 Å². The number of rotatable bonds is 6. The third-order valence-corrected chi connectivity index (χ3v) is 6.22. The monoisotopic (exact) mass is 495 g/mol. The fraction of sp³-hybridized carbons (Fsp3) is 0.0323. The average molecular weight is 496 g/mol. The van der Waals surface area contributed by atoms with Gasteiger partial charge in [0, 0.05) is 39.7 Å². The Bertz CT molecular complexity index is 1810.